The van der Waals surface area contributed by atoms with Crippen molar-refractivity contribution < 1.29 is 19.4 Å². The zero-order valence-electron chi connectivity index (χ0n) is 13.7. The van der Waals surface area contributed by atoms with E-state index in [1.54, 1.807) is 20.8 Å². The first kappa shape index (κ1) is 19.2. The minimum atomic E-state index is -1.02. The van der Waals surface area contributed by atoms with Gasteiger partial charge in [0.05, 0.1) is 6.04 Å². The summed E-state index contributed by atoms with van der Waals surface area (Å²) in [6.45, 7) is 6.81. The second-order valence-electron chi connectivity index (χ2n) is 6.24. The highest BCUT2D eigenvalue weighted by Crippen LogP contribution is 2.14. The second kappa shape index (κ2) is 8.15. The molecule has 0 bridgehead atoms. The van der Waals surface area contributed by atoms with E-state index < -0.39 is 23.7 Å². The highest BCUT2D eigenvalue weighted by atomic mass is 79.9. The highest BCUT2D eigenvalue weighted by Gasteiger charge is 2.19. The second-order valence-corrected chi connectivity index (χ2v) is 7.15. The van der Waals surface area contributed by atoms with Gasteiger partial charge in [0, 0.05) is 10.0 Å². The summed E-state index contributed by atoms with van der Waals surface area (Å²) < 4.78 is 6.19. The molecule has 0 aromatic heterocycles. The maximum atomic E-state index is 11.9. The van der Waals surface area contributed by atoms with Gasteiger partial charge in [0.15, 0.2) is 0 Å². The Labute approximate surface area is 144 Å². The minimum absolute atomic E-state index is 0.170. The molecule has 0 spiro atoms. The number of carboxylic acids is 1. The first-order valence-corrected chi connectivity index (χ1v) is 8.02. The predicted octanol–water partition coefficient (Wildman–Crippen LogP) is 3.92. The molecule has 0 fully saturated rings. The normalized spacial score (nSPS) is 13.3. The average Bonchev–Trinajstić information content (AvgIpc) is 2.38. The molecule has 1 aromatic carbocycles. The molecule has 6 heteroatoms. The number of hydrogen-bond acceptors (Lipinski definition) is 3. The smallest absolute Gasteiger partial charge is 0.408 e. The number of benzene rings is 1. The van der Waals surface area contributed by atoms with Gasteiger partial charge in [0.25, 0.3) is 0 Å². The third-order valence-corrected chi connectivity index (χ3v) is 3.39. The van der Waals surface area contributed by atoms with Gasteiger partial charge in [-0.3, -0.25) is 0 Å². The standard InChI is InChI=1S/C17H22BrNO4/c1-11(15(20)21)9-14(19-16(22)23-17(2,3)4)10-12-5-7-13(18)8-6-12/h5-9,14H,10H2,1-4H3,(H,19,22)(H,20,21)/t14-/m0/s1. The van der Waals surface area contributed by atoms with Gasteiger partial charge < -0.3 is 15.2 Å². The molecule has 0 saturated heterocycles. The van der Waals surface area contributed by atoms with Crippen LogP contribution in [0, 0.1) is 0 Å². The molecule has 0 aliphatic rings. The summed E-state index contributed by atoms with van der Waals surface area (Å²) in [6.07, 6.45) is 1.42. The third kappa shape index (κ3) is 7.83. The number of carbonyl (C=O) groups is 2. The Kier molecular flexibility index (Phi) is 6.81. The fourth-order valence-electron chi connectivity index (χ4n) is 1.86. The van der Waals surface area contributed by atoms with E-state index in [9.17, 15) is 9.59 Å². The van der Waals surface area contributed by atoms with Crippen LogP contribution in [0.25, 0.3) is 0 Å². The van der Waals surface area contributed by atoms with Gasteiger partial charge in [-0.05, 0) is 51.8 Å². The van der Waals surface area contributed by atoms with E-state index in [1.807, 2.05) is 24.3 Å². The summed E-state index contributed by atoms with van der Waals surface area (Å²) in [5.41, 5.74) is 0.532. The van der Waals surface area contributed by atoms with Crippen molar-refractivity contribution in [2.24, 2.45) is 0 Å². The molecule has 1 atom stereocenters. The number of halogens is 1. The molecule has 1 amide bonds. The zero-order valence-corrected chi connectivity index (χ0v) is 15.3. The van der Waals surface area contributed by atoms with Crippen LogP contribution in [0.15, 0.2) is 40.4 Å². The van der Waals surface area contributed by atoms with Crippen LogP contribution in [0.5, 0.6) is 0 Å². The highest BCUT2D eigenvalue weighted by molar-refractivity contribution is 9.10. The summed E-state index contributed by atoms with van der Waals surface area (Å²) in [4.78, 5) is 23.0. The first-order chi connectivity index (χ1) is 10.6. The molecule has 1 rings (SSSR count). The number of carbonyl (C=O) groups excluding carboxylic acids is 1. The molecule has 0 aliphatic heterocycles. The van der Waals surface area contributed by atoms with Gasteiger partial charge in [0.2, 0.25) is 0 Å². The monoisotopic (exact) mass is 383 g/mol. The number of aliphatic carboxylic acids is 1. The molecule has 0 aliphatic carbocycles. The Balaban J connectivity index is 2.89. The summed E-state index contributed by atoms with van der Waals surface area (Å²) >= 11 is 3.36. The largest absolute Gasteiger partial charge is 0.478 e. The van der Waals surface area contributed by atoms with Crippen molar-refractivity contribution >= 4 is 28.0 Å². The predicted molar refractivity (Wildman–Crippen MR) is 92.4 cm³/mol. The van der Waals surface area contributed by atoms with Crippen LogP contribution in [-0.2, 0) is 16.0 Å². The van der Waals surface area contributed by atoms with Crippen LogP contribution in [0.2, 0.25) is 0 Å². The Bertz CT molecular complexity index is 588. The molecule has 0 radical (unpaired) electrons. The molecule has 0 heterocycles. The Morgan fingerprint density at radius 2 is 1.87 bits per heavy atom. The van der Waals surface area contributed by atoms with Gasteiger partial charge in [0.1, 0.15) is 5.60 Å². The lowest BCUT2D eigenvalue weighted by Gasteiger charge is -2.22. The first-order valence-electron chi connectivity index (χ1n) is 7.22. The summed E-state index contributed by atoms with van der Waals surface area (Å²) in [5, 5.41) is 11.7. The number of amides is 1. The van der Waals surface area contributed by atoms with Crippen molar-refractivity contribution in [3.63, 3.8) is 0 Å². The van der Waals surface area contributed by atoms with E-state index in [0.29, 0.717) is 6.42 Å². The van der Waals surface area contributed by atoms with Crippen LogP contribution in [-0.4, -0.2) is 28.8 Å². The molecule has 1 aromatic rings. The number of alkyl carbamates (subject to hydrolysis) is 1. The lowest BCUT2D eigenvalue weighted by molar-refractivity contribution is -0.132. The summed E-state index contributed by atoms with van der Waals surface area (Å²) in [5.74, 6) is -1.02. The van der Waals surface area contributed by atoms with Crippen LogP contribution in [0.4, 0.5) is 4.79 Å². The fraction of sp³-hybridized carbons (Fsp3) is 0.412. The van der Waals surface area contributed by atoms with Crippen molar-refractivity contribution in [2.75, 3.05) is 0 Å². The minimum Gasteiger partial charge on any atom is -0.478 e. The summed E-state index contributed by atoms with van der Waals surface area (Å²) in [7, 11) is 0. The topological polar surface area (TPSA) is 75.6 Å². The Hall–Kier alpha value is -1.82. The van der Waals surface area contributed by atoms with Crippen molar-refractivity contribution in [1.82, 2.24) is 5.32 Å². The van der Waals surface area contributed by atoms with Crippen molar-refractivity contribution in [3.05, 3.63) is 46.0 Å². The van der Waals surface area contributed by atoms with Crippen LogP contribution >= 0.6 is 15.9 Å². The quantitative estimate of drug-likeness (QED) is 0.755. The van der Waals surface area contributed by atoms with E-state index in [1.165, 1.54) is 13.0 Å². The SMILES string of the molecule is CC(=C[C@@H](Cc1ccc(Br)cc1)NC(=O)OC(C)(C)C)C(=O)O. The number of rotatable bonds is 5. The van der Waals surface area contributed by atoms with E-state index in [0.717, 1.165) is 10.0 Å². The molecule has 0 unspecified atom stereocenters. The lowest BCUT2D eigenvalue weighted by atomic mass is 10.0. The van der Waals surface area contributed by atoms with Gasteiger partial charge in [-0.25, -0.2) is 9.59 Å². The molecule has 126 valence electrons. The Morgan fingerprint density at radius 3 is 2.35 bits per heavy atom. The maximum absolute atomic E-state index is 11.9. The number of ether oxygens (including phenoxy) is 1. The molecule has 5 nitrogen and oxygen atoms in total. The van der Waals surface area contributed by atoms with Gasteiger partial charge in [-0.1, -0.05) is 34.1 Å². The fourth-order valence-corrected chi connectivity index (χ4v) is 2.12. The maximum Gasteiger partial charge on any atom is 0.408 e. The van der Waals surface area contributed by atoms with Gasteiger partial charge >= 0.3 is 12.1 Å². The van der Waals surface area contributed by atoms with Crippen LogP contribution in [0.1, 0.15) is 33.3 Å². The van der Waals surface area contributed by atoms with E-state index in [2.05, 4.69) is 21.2 Å². The third-order valence-electron chi connectivity index (χ3n) is 2.86. The van der Waals surface area contributed by atoms with E-state index in [-0.39, 0.29) is 5.57 Å². The molecule has 0 saturated carbocycles. The van der Waals surface area contributed by atoms with Crippen molar-refractivity contribution in [1.29, 1.82) is 0 Å². The molecular weight excluding hydrogens is 362 g/mol. The number of hydrogen-bond donors (Lipinski definition) is 2. The molecule has 23 heavy (non-hydrogen) atoms. The van der Waals surface area contributed by atoms with Gasteiger partial charge in [-0.2, -0.15) is 0 Å². The molecular formula is C17H22BrNO4. The average molecular weight is 384 g/mol. The lowest BCUT2D eigenvalue weighted by Crippen LogP contribution is -2.39. The van der Waals surface area contributed by atoms with E-state index >= 15 is 0 Å². The summed E-state index contributed by atoms with van der Waals surface area (Å²) in [6, 6.07) is 7.15. The molecule has 2 N–H and O–H groups in total. The zero-order chi connectivity index (χ0) is 17.6. The van der Waals surface area contributed by atoms with E-state index in [4.69, 9.17) is 9.84 Å². The van der Waals surface area contributed by atoms with Crippen LogP contribution in [0.3, 0.4) is 0 Å². The Morgan fingerprint density at radius 1 is 1.30 bits per heavy atom. The number of nitrogens with one attached hydrogen (secondary N) is 1. The van der Waals surface area contributed by atoms with Crippen molar-refractivity contribution in [3.8, 4) is 0 Å². The van der Waals surface area contributed by atoms with Crippen molar-refractivity contribution in [2.45, 2.75) is 45.8 Å². The van der Waals surface area contributed by atoms with Gasteiger partial charge in [-0.15, -0.1) is 0 Å². The van der Waals surface area contributed by atoms with Crippen LogP contribution < -0.4 is 5.32 Å². The number of carboxylic acid groups (broad SMARTS) is 1.